The van der Waals surface area contributed by atoms with Gasteiger partial charge in [0, 0.05) is 18.2 Å². The zero-order chi connectivity index (χ0) is 17.9. The molecule has 0 fully saturated rings. The molecule has 0 saturated heterocycles. The van der Waals surface area contributed by atoms with Crippen LogP contribution in [0.4, 0.5) is 5.69 Å². The van der Waals surface area contributed by atoms with Crippen molar-refractivity contribution in [2.24, 2.45) is 0 Å². The summed E-state index contributed by atoms with van der Waals surface area (Å²) in [5, 5.41) is 10.5. The number of hydrogen-bond acceptors (Lipinski definition) is 7. The number of ether oxygens (including phenoxy) is 2. The minimum Gasteiger partial charge on any atom is -0.493 e. The van der Waals surface area contributed by atoms with Crippen LogP contribution >= 0.6 is 11.6 Å². The molecule has 10 heteroatoms. The summed E-state index contributed by atoms with van der Waals surface area (Å²) < 4.78 is 39.7. The molecular formula is C14H12ClNO7S. The Morgan fingerprint density at radius 2 is 1.62 bits per heavy atom. The molecule has 0 atom stereocenters. The van der Waals surface area contributed by atoms with Gasteiger partial charge in [0.2, 0.25) is 0 Å². The highest BCUT2D eigenvalue weighted by Crippen LogP contribution is 2.33. The highest BCUT2D eigenvalue weighted by Gasteiger charge is 2.21. The van der Waals surface area contributed by atoms with Crippen molar-refractivity contribution >= 4 is 27.4 Å². The normalized spacial score (nSPS) is 11.0. The van der Waals surface area contributed by atoms with Crippen molar-refractivity contribution in [1.29, 1.82) is 0 Å². The lowest BCUT2D eigenvalue weighted by molar-refractivity contribution is -0.384. The van der Waals surface area contributed by atoms with Gasteiger partial charge in [-0.15, -0.1) is 0 Å². The molecule has 0 radical (unpaired) electrons. The summed E-state index contributed by atoms with van der Waals surface area (Å²) in [6.45, 7) is 0. The van der Waals surface area contributed by atoms with Crippen molar-refractivity contribution in [3.8, 4) is 17.2 Å². The molecule has 0 saturated carbocycles. The van der Waals surface area contributed by atoms with Crippen LogP contribution in [0, 0.1) is 10.1 Å². The van der Waals surface area contributed by atoms with E-state index in [-0.39, 0.29) is 27.1 Å². The van der Waals surface area contributed by atoms with Gasteiger partial charge >= 0.3 is 10.1 Å². The van der Waals surface area contributed by atoms with E-state index < -0.39 is 15.0 Å². The molecule has 2 rings (SSSR count). The maximum atomic E-state index is 12.3. The van der Waals surface area contributed by atoms with E-state index in [2.05, 4.69) is 0 Å². The van der Waals surface area contributed by atoms with Gasteiger partial charge in [0.25, 0.3) is 5.69 Å². The number of methoxy groups -OCH3 is 2. The van der Waals surface area contributed by atoms with Crippen LogP contribution in [0.15, 0.2) is 41.3 Å². The van der Waals surface area contributed by atoms with Gasteiger partial charge in [-0.25, -0.2) is 0 Å². The second-order valence-corrected chi connectivity index (χ2v) is 6.38. The fourth-order valence-electron chi connectivity index (χ4n) is 1.81. The average molecular weight is 374 g/mol. The van der Waals surface area contributed by atoms with Gasteiger partial charge in [-0.1, -0.05) is 11.6 Å². The molecule has 24 heavy (non-hydrogen) atoms. The predicted molar refractivity (Wildman–Crippen MR) is 85.5 cm³/mol. The van der Waals surface area contributed by atoms with E-state index in [0.29, 0.717) is 5.75 Å². The Morgan fingerprint density at radius 3 is 2.17 bits per heavy atom. The zero-order valence-electron chi connectivity index (χ0n) is 12.6. The second-order valence-electron chi connectivity index (χ2n) is 4.43. The third kappa shape index (κ3) is 3.69. The summed E-state index contributed by atoms with van der Waals surface area (Å²) in [6, 6.07) is 7.11. The molecule has 2 aromatic carbocycles. The molecule has 0 aliphatic heterocycles. The third-order valence-corrected chi connectivity index (χ3v) is 4.50. The number of non-ortho nitro benzene ring substituents is 1. The van der Waals surface area contributed by atoms with Crippen molar-refractivity contribution in [1.82, 2.24) is 0 Å². The quantitative estimate of drug-likeness (QED) is 0.435. The molecule has 128 valence electrons. The molecule has 0 unspecified atom stereocenters. The summed E-state index contributed by atoms with van der Waals surface area (Å²) in [5.41, 5.74) is -0.282. The molecular weight excluding hydrogens is 362 g/mol. The first-order valence-electron chi connectivity index (χ1n) is 6.39. The number of halogens is 1. The molecule has 0 N–H and O–H groups in total. The van der Waals surface area contributed by atoms with Crippen molar-refractivity contribution in [3.05, 3.63) is 51.5 Å². The predicted octanol–water partition coefficient (Wildman–Crippen LogP) is 3.03. The Kier molecular flexibility index (Phi) is 5.15. The summed E-state index contributed by atoms with van der Waals surface area (Å²) >= 11 is 5.83. The number of nitrogens with zero attached hydrogens (tertiary/aromatic N) is 1. The van der Waals surface area contributed by atoms with Crippen molar-refractivity contribution in [2.75, 3.05) is 14.2 Å². The van der Waals surface area contributed by atoms with Gasteiger partial charge in [-0.05, 0) is 18.2 Å². The van der Waals surface area contributed by atoms with Gasteiger partial charge in [0.15, 0.2) is 17.2 Å². The molecule has 8 nitrogen and oxygen atoms in total. The van der Waals surface area contributed by atoms with Crippen LogP contribution in [0.3, 0.4) is 0 Å². The van der Waals surface area contributed by atoms with E-state index in [4.69, 9.17) is 25.3 Å². The fourth-order valence-corrected chi connectivity index (χ4v) is 3.03. The van der Waals surface area contributed by atoms with Gasteiger partial charge in [-0.3, -0.25) is 10.1 Å². The van der Waals surface area contributed by atoms with Gasteiger partial charge in [0.05, 0.1) is 24.2 Å². The van der Waals surface area contributed by atoms with Crippen LogP contribution < -0.4 is 13.7 Å². The van der Waals surface area contributed by atoms with Crippen LogP contribution in [0.25, 0.3) is 0 Å². The highest BCUT2D eigenvalue weighted by molar-refractivity contribution is 7.87. The molecule has 2 aromatic rings. The number of hydrogen-bond donors (Lipinski definition) is 0. The molecule has 0 aliphatic rings. The number of benzene rings is 2. The maximum Gasteiger partial charge on any atom is 0.339 e. The van der Waals surface area contributed by atoms with E-state index in [1.807, 2.05) is 0 Å². The van der Waals surface area contributed by atoms with Gasteiger partial charge in [-0.2, -0.15) is 8.42 Å². The standard InChI is InChI=1S/C14H12ClNO7S/c1-21-13-6-4-10(8-14(13)22-2)24(19,20)23-12-5-3-9(16(17)18)7-11(12)15/h3-8H,1-2H3. The topological polar surface area (TPSA) is 105 Å². The average Bonchev–Trinajstić information content (AvgIpc) is 2.55. The van der Waals surface area contributed by atoms with Crippen LogP contribution in [0.5, 0.6) is 17.2 Å². The van der Waals surface area contributed by atoms with E-state index in [9.17, 15) is 18.5 Å². The largest absolute Gasteiger partial charge is 0.493 e. The van der Waals surface area contributed by atoms with Crippen molar-refractivity contribution < 1.29 is 27.0 Å². The zero-order valence-corrected chi connectivity index (χ0v) is 14.1. The lowest BCUT2D eigenvalue weighted by Crippen LogP contribution is -2.10. The fraction of sp³-hybridized carbons (Fsp3) is 0.143. The lowest BCUT2D eigenvalue weighted by Gasteiger charge is -2.11. The highest BCUT2D eigenvalue weighted by atomic mass is 35.5. The maximum absolute atomic E-state index is 12.3. The van der Waals surface area contributed by atoms with Crippen LogP contribution in [0.1, 0.15) is 0 Å². The number of nitro groups is 1. The molecule has 0 heterocycles. The molecule has 0 bridgehead atoms. The van der Waals surface area contributed by atoms with E-state index >= 15 is 0 Å². The first-order valence-corrected chi connectivity index (χ1v) is 8.17. The summed E-state index contributed by atoms with van der Waals surface area (Å²) in [4.78, 5) is 9.82. The second kappa shape index (κ2) is 6.93. The number of rotatable bonds is 6. The van der Waals surface area contributed by atoms with Crippen molar-refractivity contribution in [2.45, 2.75) is 4.90 Å². The van der Waals surface area contributed by atoms with Gasteiger partial charge in [0.1, 0.15) is 4.90 Å². The number of nitro benzene ring substituents is 1. The Labute approximate surface area is 142 Å². The minimum atomic E-state index is -4.22. The Hall–Kier alpha value is -2.52. The first-order chi connectivity index (χ1) is 11.3. The Morgan fingerprint density at radius 1 is 1.00 bits per heavy atom. The summed E-state index contributed by atoms with van der Waals surface area (Å²) in [5.74, 6) is 0.332. The van der Waals surface area contributed by atoms with Crippen LogP contribution in [-0.4, -0.2) is 27.6 Å². The smallest absolute Gasteiger partial charge is 0.339 e. The first kappa shape index (κ1) is 17.8. The molecule has 0 aliphatic carbocycles. The van der Waals surface area contributed by atoms with Crippen LogP contribution in [0.2, 0.25) is 5.02 Å². The summed E-state index contributed by atoms with van der Waals surface area (Å²) in [6.07, 6.45) is 0. The minimum absolute atomic E-state index is 0.186. The molecule has 0 spiro atoms. The lowest BCUT2D eigenvalue weighted by atomic mass is 10.3. The van der Waals surface area contributed by atoms with E-state index in [1.54, 1.807) is 0 Å². The molecule has 0 aromatic heterocycles. The van der Waals surface area contributed by atoms with Crippen molar-refractivity contribution in [3.63, 3.8) is 0 Å². The Bertz CT molecular complexity index is 883. The third-order valence-electron chi connectivity index (χ3n) is 2.97. The Balaban J connectivity index is 2.37. The van der Waals surface area contributed by atoms with Crippen LogP contribution in [-0.2, 0) is 10.1 Å². The van der Waals surface area contributed by atoms with E-state index in [1.165, 1.54) is 32.4 Å². The monoisotopic (exact) mass is 373 g/mol. The van der Waals surface area contributed by atoms with E-state index in [0.717, 1.165) is 18.2 Å². The SMILES string of the molecule is COc1ccc(S(=O)(=O)Oc2ccc([N+](=O)[O-])cc2Cl)cc1OC. The molecule has 0 amide bonds. The summed E-state index contributed by atoms with van der Waals surface area (Å²) in [7, 11) is -1.44. The van der Waals surface area contributed by atoms with Gasteiger partial charge < -0.3 is 13.7 Å².